The monoisotopic (exact) mass is 281 g/mol. The Morgan fingerprint density at radius 3 is 2.75 bits per heavy atom. The first kappa shape index (κ1) is 12.3. The fraction of sp³-hybridized carbons (Fsp3) is 0.556. The number of aliphatic hydroxyl groups is 1. The van der Waals surface area contributed by atoms with Gasteiger partial charge in [0.1, 0.15) is 0 Å². The first-order valence-electron chi connectivity index (χ1n) is 4.82. The first-order chi connectivity index (χ1) is 7.46. The third-order valence-corrected chi connectivity index (χ3v) is 5.44. The molecule has 90 valence electrons. The van der Waals surface area contributed by atoms with Crippen molar-refractivity contribution in [1.82, 2.24) is 5.32 Å². The number of hydrogen-bond acceptors (Lipinski definition) is 5. The molecule has 0 aliphatic carbocycles. The molecular weight excluding hydrogens is 270 g/mol. The van der Waals surface area contributed by atoms with Crippen LogP contribution in [0.5, 0.6) is 0 Å². The van der Waals surface area contributed by atoms with Crippen molar-refractivity contribution in [1.29, 1.82) is 0 Å². The van der Waals surface area contributed by atoms with E-state index in [1.165, 1.54) is 11.3 Å². The Balaban J connectivity index is 1.92. The quantitative estimate of drug-likeness (QED) is 0.854. The molecule has 2 heterocycles. The van der Waals surface area contributed by atoms with E-state index in [1.54, 1.807) is 6.07 Å². The van der Waals surface area contributed by atoms with Crippen LogP contribution in [0.15, 0.2) is 12.1 Å². The molecule has 2 rings (SSSR count). The number of halogens is 1. The molecule has 0 radical (unpaired) electrons. The minimum absolute atomic E-state index is 0.00722. The topological polar surface area (TPSA) is 66.4 Å². The van der Waals surface area contributed by atoms with Crippen molar-refractivity contribution < 1.29 is 13.5 Å². The number of thiophene rings is 1. The van der Waals surface area contributed by atoms with E-state index in [-0.39, 0.29) is 17.5 Å². The maximum atomic E-state index is 11.2. The molecule has 4 nitrogen and oxygen atoms in total. The van der Waals surface area contributed by atoms with E-state index in [9.17, 15) is 13.5 Å². The van der Waals surface area contributed by atoms with Gasteiger partial charge in [-0.25, -0.2) is 8.42 Å². The van der Waals surface area contributed by atoms with E-state index in [2.05, 4.69) is 5.32 Å². The van der Waals surface area contributed by atoms with Crippen LogP contribution in [0.3, 0.4) is 0 Å². The van der Waals surface area contributed by atoms with Crippen molar-refractivity contribution >= 4 is 32.8 Å². The summed E-state index contributed by atoms with van der Waals surface area (Å²) in [5, 5.41) is 12.6. The van der Waals surface area contributed by atoms with Gasteiger partial charge in [0.25, 0.3) is 0 Å². The predicted molar refractivity (Wildman–Crippen MR) is 64.6 cm³/mol. The Morgan fingerprint density at radius 2 is 2.25 bits per heavy atom. The van der Waals surface area contributed by atoms with Gasteiger partial charge in [0.2, 0.25) is 0 Å². The molecule has 1 aromatic heterocycles. The molecule has 2 unspecified atom stereocenters. The van der Waals surface area contributed by atoms with E-state index in [0.717, 1.165) is 4.88 Å². The second kappa shape index (κ2) is 4.62. The molecule has 1 aliphatic rings. The average molecular weight is 282 g/mol. The molecule has 1 aromatic rings. The SMILES string of the molecule is O=S1(=O)CC(O)C(NCc2ccc(Cl)s2)C1. The summed E-state index contributed by atoms with van der Waals surface area (Å²) in [5.41, 5.74) is 0. The lowest BCUT2D eigenvalue weighted by Gasteiger charge is -2.13. The summed E-state index contributed by atoms with van der Waals surface area (Å²) >= 11 is 7.22. The molecule has 2 atom stereocenters. The number of sulfone groups is 1. The maximum Gasteiger partial charge on any atom is 0.154 e. The van der Waals surface area contributed by atoms with Gasteiger partial charge in [-0.1, -0.05) is 11.6 Å². The molecular formula is C9H12ClNO3S2. The Morgan fingerprint density at radius 1 is 1.50 bits per heavy atom. The molecule has 0 amide bonds. The smallest absolute Gasteiger partial charge is 0.154 e. The Hall–Kier alpha value is -0.140. The van der Waals surface area contributed by atoms with Crippen molar-refractivity contribution in [3.05, 3.63) is 21.3 Å². The van der Waals surface area contributed by atoms with Crippen molar-refractivity contribution in [2.75, 3.05) is 11.5 Å². The van der Waals surface area contributed by atoms with Gasteiger partial charge < -0.3 is 10.4 Å². The standard InChI is InChI=1S/C9H12ClNO3S2/c10-9-2-1-6(15-9)3-11-7-4-16(13,14)5-8(7)12/h1-2,7-8,11-12H,3-5H2. The van der Waals surface area contributed by atoms with Crippen LogP contribution in [0, 0.1) is 0 Å². The lowest BCUT2D eigenvalue weighted by Crippen LogP contribution is -2.38. The highest BCUT2D eigenvalue weighted by Crippen LogP contribution is 2.21. The number of rotatable bonds is 3. The van der Waals surface area contributed by atoms with Gasteiger partial charge >= 0.3 is 0 Å². The van der Waals surface area contributed by atoms with E-state index in [0.29, 0.717) is 10.9 Å². The first-order valence-corrected chi connectivity index (χ1v) is 7.84. The highest BCUT2D eigenvalue weighted by Gasteiger charge is 2.35. The predicted octanol–water partition coefficient (Wildman–Crippen LogP) is 0.649. The van der Waals surface area contributed by atoms with Crippen LogP contribution in [0.4, 0.5) is 0 Å². The Kier molecular flexibility index (Phi) is 3.56. The molecule has 7 heteroatoms. The molecule has 0 bridgehead atoms. The number of aliphatic hydroxyl groups excluding tert-OH is 1. The van der Waals surface area contributed by atoms with Crippen LogP contribution in [0.1, 0.15) is 4.88 Å². The van der Waals surface area contributed by atoms with Gasteiger partial charge in [0, 0.05) is 17.5 Å². The van der Waals surface area contributed by atoms with Crippen molar-refractivity contribution in [3.63, 3.8) is 0 Å². The fourth-order valence-corrected chi connectivity index (χ4v) is 4.52. The lowest BCUT2D eigenvalue weighted by molar-refractivity contribution is 0.165. The van der Waals surface area contributed by atoms with Gasteiger partial charge in [-0.15, -0.1) is 11.3 Å². The van der Waals surface area contributed by atoms with Crippen LogP contribution >= 0.6 is 22.9 Å². The average Bonchev–Trinajstić information content (AvgIpc) is 2.67. The van der Waals surface area contributed by atoms with Gasteiger partial charge in [-0.05, 0) is 12.1 Å². The van der Waals surface area contributed by atoms with Gasteiger partial charge in [0.05, 0.1) is 21.9 Å². The van der Waals surface area contributed by atoms with Gasteiger partial charge in [-0.3, -0.25) is 0 Å². The van der Waals surface area contributed by atoms with Gasteiger partial charge in [0.15, 0.2) is 9.84 Å². The minimum Gasteiger partial charge on any atom is -0.390 e. The summed E-state index contributed by atoms with van der Waals surface area (Å²) in [6.45, 7) is 0.536. The molecule has 16 heavy (non-hydrogen) atoms. The van der Waals surface area contributed by atoms with E-state index >= 15 is 0 Å². The Labute approximate surface area is 103 Å². The highest BCUT2D eigenvalue weighted by molar-refractivity contribution is 7.91. The van der Waals surface area contributed by atoms with E-state index in [1.807, 2.05) is 6.07 Å². The summed E-state index contributed by atoms with van der Waals surface area (Å²) in [6.07, 6.45) is -0.805. The molecule has 2 N–H and O–H groups in total. The fourth-order valence-electron chi connectivity index (χ4n) is 1.70. The summed E-state index contributed by atoms with van der Waals surface area (Å²) in [6, 6.07) is 3.31. The van der Waals surface area contributed by atoms with Crippen LogP contribution < -0.4 is 5.32 Å². The van der Waals surface area contributed by atoms with Crippen molar-refractivity contribution in [3.8, 4) is 0 Å². The molecule has 1 aliphatic heterocycles. The zero-order valence-corrected chi connectivity index (χ0v) is 10.8. The normalized spacial score (nSPS) is 28.4. The number of hydrogen-bond donors (Lipinski definition) is 2. The second-order valence-corrected chi connectivity index (χ2v) is 7.79. The second-order valence-electron chi connectivity index (χ2n) is 3.84. The third kappa shape index (κ3) is 2.95. The van der Waals surface area contributed by atoms with Crippen LogP contribution in [-0.2, 0) is 16.4 Å². The molecule has 1 saturated heterocycles. The van der Waals surface area contributed by atoms with E-state index < -0.39 is 15.9 Å². The third-order valence-electron chi connectivity index (χ3n) is 2.49. The zero-order valence-electron chi connectivity index (χ0n) is 8.39. The zero-order chi connectivity index (χ0) is 11.8. The highest BCUT2D eigenvalue weighted by atomic mass is 35.5. The van der Waals surface area contributed by atoms with Crippen molar-refractivity contribution in [2.45, 2.75) is 18.7 Å². The minimum atomic E-state index is -3.08. The summed E-state index contributed by atoms with van der Waals surface area (Å²) in [4.78, 5) is 1.03. The summed E-state index contributed by atoms with van der Waals surface area (Å²) in [7, 11) is -3.08. The molecule has 0 spiro atoms. The van der Waals surface area contributed by atoms with Crippen LogP contribution in [-0.4, -0.2) is 37.2 Å². The van der Waals surface area contributed by atoms with Crippen LogP contribution in [0.2, 0.25) is 4.34 Å². The maximum absolute atomic E-state index is 11.2. The Bertz CT molecular complexity index is 471. The summed E-state index contributed by atoms with van der Waals surface area (Å²) < 4.78 is 23.2. The molecule has 1 fully saturated rings. The molecule has 0 aromatic carbocycles. The van der Waals surface area contributed by atoms with Crippen molar-refractivity contribution in [2.24, 2.45) is 0 Å². The summed E-state index contributed by atoms with van der Waals surface area (Å²) in [5.74, 6) is -0.136. The van der Waals surface area contributed by atoms with Crippen LogP contribution in [0.25, 0.3) is 0 Å². The largest absolute Gasteiger partial charge is 0.390 e. The molecule has 0 saturated carbocycles. The van der Waals surface area contributed by atoms with E-state index in [4.69, 9.17) is 11.6 Å². The van der Waals surface area contributed by atoms with Gasteiger partial charge in [-0.2, -0.15) is 0 Å². The lowest BCUT2D eigenvalue weighted by atomic mass is 10.2. The number of nitrogens with one attached hydrogen (secondary N) is 1.